The van der Waals surface area contributed by atoms with Crippen molar-refractivity contribution in [1.82, 2.24) is 4.90 Å². The molecule has 0 aromatic heterocycles. The van der Waals surface area contributed by atoms with Crippen LogP contribution in [0.1, 0.15) is 64.0 Å². The van der Waals surface area contributed by atoms with Gasteiger partial charge in [-0.1, -0.05) is 94.3 Å². The van der Waals surface area contributed by atoms with E-state index in [1.807, 2.05) is 0 Å². The fourth-order valence-electron chi connectivity index (χ4n) is 4.11. The normalized spacial score (nSPS) is 11.4. The van der Waals surface area contributed by atoms with Crippen molar-refractivity contribution in [2.75, 3.05) is 19.6 Å². The largest absolute Gasteiger partial charge is 0.304 e. The molecule has 0 heterocycles. The van der Waals surface area contributed by atoms with Crippen molar-refractivity contribution >= 4 is 12.4 Å². The molecular weight excluding hydrogens is 338 g/mol. The molecule has 144 valence electrons. The van der Waals surface area contributed by atoms with Crippen molar-refractivity contribution in [1.29, 1.82) is 0 Å². The molecule has 0 saturated heterocycles. The van der Waals surface area contributed by atoms with Crippen LogP contribution in [0.5, 0.6) is 0 Å². The van der Waals surface area contributed by atoms with E-state index in [1.54, 1.807) is 0 Å². The van der Waals surface area contributed by atoms with Gasteiger partial charge in [0.05, 0.1) is 0 Å². The molecule has 0 aliphatic rings. The molecule has 1 nitrogen and oxygen atoms in total. The third kappa shape index (κ3) is 5.86. The van der Waals surface area contributed by atoms with Gasteiger partial charge in [0.15, 0.2) is 0 Å². The summed E-state index contributed by atoms with van der Waals surface area (Å²) in [5, 5.41) is 0. The molecule has 26 heavy (non-hydrogen) atoms. The number of unbranched alkanes of at least 4 members (excludes halogenated alkanes) is 1. The van der Waals surface area contributed by atoms with Crippen molar-refractivity contribution in [2.45, 2.75) is 58.3 Å². The Bertz CT molecular complexity index is 538. The maximum absolute atomic E-state index is 2.53. The summed E-state index contributed by atoms with van der Waals surface area (Å²) in [5.74, 6) is 0. The Morgan fingerprint density at radius 2 is 1.19 bits per heavy atom. The molecule has 0 saturated carbocycles. The van der Waals surface area contributed by atoms with E-state index in [-0.39, 0.29) is 17.8 Å². The molecule has 0 amide bonds. The van der Waals surface area contributed by atoms with E-state index >= 15 is 0 Å². The quantitative estimate of drug-likeness (QED) is 0.396. The third-order valence-electron chi connectivity index (χ3n) is 5.55. The van der Waals surface area contributed by atoms with Crippen molar-refractivity contribution in [3.05, 3.63) is 71.8 Å². The van der Waals surface area contributed by atoms with E-state index in [0.717, 1.165) is 13.1 Å². The zero-order valence-electron chi connectivity index (χ0n) is 16.8. The number of rotatable bonds is 11. The Balaban J connectivity index is 0.00000338. The van der Waals surface area contributed by atoms with E-state index in [4.69, 9.17) is 0 Å². The monoisotopic (exact) mass is 373 g/mol. The minimum Gasteiger partial charge on any atom is -0.304 e. The molecule has 2 rings (SSSR count). The van der Waals surface area contributed by atoms with E-state index < -0.39 is 0 Å². The van der Waals surface area contributed by atoms with Gasteiger partial charge in [-0.2, -0.15) is 0 Å². The minimum atomic E-state index is 0. The molecular formula is C24H36ClN. The molecule has 2 heteroatoms. The first-order chi connectivity index (χ1) is 12.3. The van der Waals surface area contributed by atoms with Crippen LogP contribution in [-0.4, -0.2) is 24.5 Å². The van der Waals surface area contributed by atoms with Crippen LogP contribution in [0.3, 0.4) is 0 Å². The SMILES string of the molecule is CCCC(CCCCN(CC)CC)(c1ccccc1)c1ccccc1.Cl. The second-order valence-corrected chi connectivity index (χ2v) is 7.05. The van der Waals surface area contributed by atoms with Crippen molar-refractivity contribution in [3.8, 4) is 0 Å². The average Bonchev–Trinajstić information content (AvgIpc) is 2.68. The highest BCUT2D eigenvalue weighted by molar-refractivity contribution is 5.85. The number of hydrogen-bond acceptors (Lipinski definition) is 1. The fraction of sp³-hybridized carbons (Fsp3) is 0.500. The lowest BCUT2D eigenvalue weighted by Crippen LogP contribution is -2.29. The van der Waals surface area contributed by atoms with Crippen molar-refractivity contribution < 1.29 is 0 Å². The van der Waals surface area contributed by atoms with Crippen LogP contribution in [0, 0.1) is 0 Å². The number of benzene rings is 2. The highest BCUT2D eigenvalue weighted by atomic mass is 35.5. The predicted octanol–water partition coefficient (Wildman–Crippen LogP) is 6.71. The number of hydrogen-bond donors (Lipinski definition) is 0. The molecule has 2 aromatic carbocycles. The Kier molecular flexibility index (Phi) is 10.6. The standard InChI is InChI=1S/C24H35N.ClH/c1-4-19-24(22-15-9-7-10-16-22,23-17-11-8-12-18-23)20-13-14-21-25(5-2)6-3;/h7-12,15-18H,4-6,13-14,19-21H2,1-3H3;1H. The van der Waals surface area contributed by atoms with E-state index in [9.17, 15) is 0 Å². The van der Waals surface area contributed by atoms with Gasteiger partial charge in [-0.05, 0) is 50.0 Å². The highest BCUT2D eigenvalue weighted by Crippen LogP contribution is 2.41. The van der Waals surface area contributed by atoms with Crippen LogP contribution < -0.4 is 0 Å². The lowest BCUT2D eigenvalue weighted by Gasteiger charge is -2.36. The highest BCUT2D eigenvalue weighted by Gasteiger charge is 2.32. The summed E-state index contributed by atoms with van der Waals surface area (Å²) in [5.41, 5.74) is 3.11. The minimum absolute atomic E-state index is 0. The van der Waals surface area contributed by atoms with Gasteiger partial charge < -0.3 is 4.90 Å². The first-order valence-corrected chi connectivity index (χ1v) is 10.1. The lowest BCUT2D eigenvalue weighted by atomic mass is 9.68. The summed E-state index contributed by atoms with van der Waals surface area (Å²) in [6.45, 7) is 10.4. The summed E-state index contributed by atoms with van der Waals surface area (Å²) < 4.78 is 0. The molecule has 2 aromatic rings. The summed E-state index contributed by atoms with van der Waals surface area (Å²) >= 11 is 0. The zero-order valence-corrected chi connectivity index (χ0v) is 17.6. The first-order valence-electron chi connectivity index (χ1n) is 10.1. The first kappa shape index (κ1) is 22.7. The average molecular weight is 374 g/mol. The molecule has 0 unspecified atom stereocenters. The van der Waals surface area contributed by atoms with Crippen LogP contribution in [0.4, 0.5) is 0 Å². The maximum Gasteiger partial charge on any atom is 0.0202 e. The van der Waals surface area contributed by atoms with Crippen LogP contribution >= 0.6 is 12.4 Å². The smallest absolute Gasteiger partial charge is 0.0202 e. The number of halogens is 1. The molecule has 0 spiro atoms. The predicted molar refractivity (Wildman–Crippen MR) is 117 cm³/mol. The molecule has 0 bridgehead atoms. The summed E-state index contributed by atoms with van der Waals surface area (Å²) in [6.07, 6.45) is 6.22. The Morgan fingerprint density at radius 1 is 0.692 bits per heavy atom. The topological polar surface area (TPSA) is 3.24 Å². The van der Waals surface area contributed by atoms with Gasteiger partial charge in [0.2, 0.25) is 0 Å². The Morgan fingerprint density at radius 3 is 1.62 bits per heavy atom. The summed E-state index contributed by atoms with van der Waals surface area (Å²) in [6, 6.07) is 22.3. The van der Waals surface area contributed by atoms with Gasteiger partial charge in [0, 0.05) is 5.41 Å². The molecule has 0 atom stereocenters. The van der Waals surface area contributed by atoms with Crippen molar-refractivity contribution in [3.63, 3.8) is 0 Å². The zero-order chi connectivity index (χ0) is 18.0. The maximum atomic E-state index is 2.53. The van der Waals surface area contributed by atoms with Gasteiger partial charge in [0.1, 0.15) is 0 Å². The van der Waals surface area contributed by atoms with Crippen LogP contribution in [-0.2, 0) is 5.41 Å². The molecule has 0 fully saturated rings. The van der Waals surface area contributed by atoms with Gasteiger partial charge in [-0.15, -0.1) is 12.4 Å². The Hall–Kier alpha value is -1.31. The van der Waals surface area contributed by atoms with Crippen LogP contribution in [0.15, 0.2) is 60.7 Å². The summed E-state index contributed by atoms with van der Waals surface area (Å²) in [7, 11) is 0. The van der Waals surface area contributed by atoms with Crippen LogP contribution in [0.2, 0.25) is 0 Å². The fourth-order valence-corrected chi connectivity index (χ4v) is 4.11. The van der Waals surface area contributed by atoms with Gasteiger partial charge in [-0.25, -0.2) is 0 Å². The Labute approximate surface area is 167 Å². The second-order valence-electron chi connectivity index (χ2n) is 7.05. The van der Waals surface area contributed by atoms with Crippen molar-refractivity contribution in [2.24, 2.45) is 0 Å². The lowest BCUT2D eigenvalue weighted by molar-refractivity contribution is 0.288. The van der Waals surface area contributed by atoms with E-state index in [2.05, 4.69) is 86.3 Å². The van der Waals surface area contributed by atoms with Gasteiger partial charge >= 0.3 is 0 Å². The number of nitrogens with zero attached hydrogens (tertiary/aromatic N) is 1. The molecule has 0 radical (unpaired) electrons. The molecule has 0 aliphatic carbocycles. The van der Waals surface area contributed by atoms with E-state index in [1.165, 1.54) is 49.8 Å². The molecule has 0 N–H and O–H groups in total. The van der Waals surface area contributed by atoms with E-state index in [0.29, 0.717) is 0 Å². The second kappa shape index (κ2) is 12.1. The van der Waals surface area contributed by atoms with Gasteiger partial charge in [-0.3, -0.25) is 0 Å². The third-order valence-corrected chi connectivity index (χ3v) is 5.55. The van der Waals surface area contributed by atoms with Gasteiger partial charge in [0.25, 0.3) is 0 Å². The van der Waals surface area contributed by atoms with Crippen LogP contribution in [0.25, 0.3) is 0 Å². The molecule has 0 aliphatic heterocycles. The summed E-state index contributed by atoms with van der Waals surface area (Å²) in [4.78, 5) is 2.53.